The highest BCUT2D eigenvalue weighted by Crippen LogP contribution is 2.20. The van der Waals surface area contributed by atoms with Gasteiger partial charge in [-0.05, 0) is 30.3 Å². The second-order valence-corrected chi connectivity index (χ2v) is 8.19. The zero-order valence-electron chi connectivity index (χ0n) is 16.4. The van der Waals surface area contributed by atoms with Crippen molar-refractivity contribution in [3.05, 3.63) is 65.2 Å². The molecule has 0 aliphatic heterocycles. The Hall–Kier alpha value is -3.24. The molecule has 2 amide bonds. The van der Waals surface area contributed by atoms with Crippen LogP contribution in [-0.4, -0.2) is 40.3 Å². The molecule has 0 radical (unpaired) electrons. The first kappa shape index (κ1) is 23.0. The predicted octanol–water partition coefficient (Wildman–Crippen LogP) is 1.80. The number of hydrogen-bond donors (Lipinski definition) is 3. The average Bonchev–Trinajstić information content (AvgIpc) is 2.74. The Kier molecular flexibility index (Phi) is 8.51. The molecule has 2 rings (SSSR count). The quantitative estimate of drug-likeness (QED) is 0.366. The van der Waals surface area contributed by atoms with Gasteiger partial charge >= 0.3 is 6.09 Å². The van der Waals surface area contributed by atoms with Crippen molar-refractivity contribution < 1.29 is 27.5 Å². The summed E-state index contributed by atoms with van der Waals surface area (Å²) in [4.78, 5) is 35.1. The third kappa shape index (κ3) is 7.30. The van der Waals surface area contributed by atoms with Crippen LogP contribution >= 0.6 is 0 Å². The molecule has 0 saturated heterocycles. The van der Waals surface area contributed by atoms with Crippen LogP contribution in [0.2, 0.25) is 0 Å². The number of nitrogens with one attached hydrogen (secondary N) is 3. The van der Waals surface area contributed by atoms with Gasteiger partial charge < -0.3 is 15.4 Å². The summed E-state index contributed by atoms with van der Waals surface area (Å²) < 4.78 is 30.8. The van der Waals surface area contributed by atoms with Gasteiger partial charge in [-0.3, -0.25) is 9.59 Å². The van der Waals surface area contributed by atoms with E-state index in [1.54, 1.807) is 0 Å². The SMILES string of the molecule is CNS(=O)(=O)Cc1ccc(NC=O)c(C(=O)CCNC(=O)OCc2ccccc2)c1. The van der Waals surface area contributed by atoms with Crippen LogP contribution in [0.1, 0.15) is 27.9 Å². The van der Waals surface area contributed by atoms with Crippen molar-refractivity contribution in [2.75, 3.05) is 18.9 Å². The molecular weight excluding hydrogens is 410 g/mol. The summed E-state index contributed by atoms with van der Waals surface area (Å²) in [6.07, 6.45) is -0.294. The van der Waals surface area contributed by atoms with E-state index in [4.69, 9.17) is 4.74 Å². The topological polar surface area (TPSA) is 131 Å². The van der Waals surface area contributed by atoms with Crippen LogP contribution in [0.15, 0.2) is 48.5 Å². The van der Waals surface area contributed by atoms with E-state index in [1.807, 2.05) is 30.3 Å². The van der Waals surface area contributed by atoms with E-state index < -0.39 is 16.1 Å². The van der Waals surface area contributed by atoms with Gasteiger partial charge in [0.2, 0.25) is 16.4 Å². The number of carbonyl (C=O) groups excluding carboxylic acids is 3. The molecular formula is C20H23N3O6S. The van der Waals surface area contributed by atoms with Crippen molar-refractivity contribution in [1.82, 2.24) is 10.0 Å². The number of anilines is 1. The summed E-state index contributed by atoms with van der Waals surface area (Å²) in [6.45, 7) is 0.127. The fourth-order valence-corrected chi connectivity index (χ4v) is 3.34. The summed E-state index contributed by atoms with van der Waals surface area (Å²) in [5.74, 6) is -0.679. The zero-order chi connectivity index (χ0) is 22.0. The van der Waals surface area contributed by atoms with E-state index in [1.165, 1.54) is 25.2 Å². The van der Waals surface area contributed by atoms with Crippen molar-refractivity contribution in [2.45, 2.75) is 18.8 Å². The number of sulfonamides is 1. The molecule has 0 bridgehead atoms. The summed E-state index contributed by atoms with van der Waals surface area (Å²) in [6, 6.07) is 13.5. The van der Waals surface area contributed by atoms with E-state index in [2.05, 4.69) is 15.4 Å². The van der Waals surface area contributed by atoms with Crippen LogP contribution in [0.3, 0.4) is 0 Å². The molecule has 0 fully saturated rings. The number of rotatable bonds is 11. The van der Waals surface area contributed by atoms with Crippen molar-refractivity contribution >= 4 is 34.0 Å². The number of ether oxygens (including phenoxy) is 1. The highest BCUT2D eigenvalue weighted by Gasteiger charge is 2.16. The molecule has 0 spiro atoms. The average molecular weight is 433 g/mol. The Morgan fingerprint density at radius 3 is 2.47 bits per heavy atom. The first-order chi connectivity index (χ1) is 14.3. The molecule has 3 N–H and O–H groups in total. The smallest absolute Gasteiger partial charge is 0.407 e. The lowest BCUT2D eigenvalue weighted by Crippen LogP contribution is -2.27. The number of amides is 2. The lowest BCUT2D eigenvalue weighted by molar-refractivity contribution is -0.105. The molecule has 0 aromatic heterocycles. The van der Waals surface area contributed by atoms with Gasteiger partial charge in [-0.1, -0.05) is 36.4 Å². The number of benzene rings is 2. The lowest BCUT2D eigenvalue weighted by atomic mass is 10.0. The second kappa shape index (κ2) is 11.1. The minimum Gasteiger partial charge on any atom is -0.445 e. The number of Topliss-reactive ketones (excluding diaryl/α,β-unsaturated/α-hetero) is 1. The van der Waals surface area contributed by atoms with Gasteiger partial charge in [0.05, 0.1) is 11.4 Å². The minimum atomic E-state index is -3.52. The van der Waals surface area contributed by atoms with E-state index in [-0.39, 0.29) is 42.4 Å². The first-order valence-electron chi connectivity index (χ1n) is 9.06. The zero-order valence-corrected chi connectivity index (χ0v) is 17.2. The van der Waals surface area contributed by atoms with Crippen molar-refractivity contribution in [1.29, 1.82) is 0 Å². The summed E-state index contributed by atoms with van der Waals surface area (Å²) in [5.41, 5.74) is 1.64. The maximum absolute atomic E-state index is 12.6. The summed E-state index contributed by atoms with van der Waals surface area (Å²) in [5, 5.41) is 4.91. The van der Waals surface area contributed by atoms with Crippen LogP contribution in [0.25, 0.3) is 0 Å². The monoisotopic (exact) mass is 433 g/mol. The molecule has 0 heterocycles. The van der Waals surface area contributed by atoms with Crippen LogP contribution in [0.5, 0.6) is 0 Å². The first-order valence-corrected chi connectivity index (χ1v) is 10.7. The van der Waals surface area contributed by atoms with E-state index in [9.17, 15) is 22.8 Å². The largest absolute Gasteiger partial charge is 0.445 e. The molecule has 9 nitrogen and oxygen atoms in total. The molecule has 0 aliphatic carbocycles. The second-order valence-electron chi connectivity index (χ2n) is 6.27. The number of carbonyl (C=O) groups is 3. The molecule has 0 saturated carbocycles. The van der Waals surface area contributed by atoms with Gasteiger partial charge in [-0.2, -0.15) is 0 Å². The third-order valence-corrected chi connectivity index (χ3v) is 5.44. The molecule has 0 atom stereocenters. The fraction of sp³-hybridized carbons (Fsp3) is 0.250. The Labute approximate surface area is 174 Å². The van der Waals surface area contributed by atoms with Crippen LogP contribution < -0.4 is 15.4 Å². The number of alkyl carbamates (subject to hydrolysis) is 1. The van der Waals surface area contributed by atoms with Crippen LogP contribution in [0, 0.1) is 0 Å². The molecule has 30 heavy (non-hydrogen) atoms. The van der Waals surface area contributed by atoms with Gasteiger partial charge in [0.25, 0.3) is 0 Å². The molecule has 0 unspecified atom stereocenters. The van der Waals surface area contributed by atoms with Gasteiger partial charge in [0.15, 0.2) is 5.78 Å². The van der Waals surface area contributed by atoms with Gasteiger partial charge in [-0.15, -0.1) is 0 Å². The third-order valence-electron chi connectivity index (χ3n) is 4.10. The van der Waals surface area contributed by atoms with Crippen molar-refractivity contribution in [3.63, 3.8) is 0 Å². The van der Waals surface area contributed by atoms with Crippen LogP contribution in [0.4, 0.5) is 10.5 Å². The van der Waals surface area contributed by atoms with Gasteiger partial charge in [-0.25, -0.2) is 17.9 Å². The Balaban J connectivity index is 1.95. The molecule has 10 heteroatoms. The van der Waals surface area contributed by atoms with Crippen molar-refractivity contribution in [3.8, 4) is 0 Å². The van der Waals surface area contributed by atoms with E-state index in [0.717, 1.165) is 5.56 Å². The molecule has 160 valence electrons. The van der Waals surface area contributed by atoms with Crippen molar-refractivity contribution in [2.24, 2.45) is 0 Å². The maximum Gasteiger partial charge on any atom is 0.407 e. The maximum atomic E-state index is 12.6. The minimum absolute atomic E-state index is 0.0199. The molecule has 0 aliphatic rings. The standard InChI is InChI=1S/C20H23N3O6S/c1-21-30(27,28)13-16-7-8-18(23-14-24)17(11-16)19(25)9-10-22-20(26)29-12-15-5-3-2-4-6-15/h2-8,11,14,21H,9-10,12-13H2,1H3,(H,22,26)(H,23,24). The van der Waals surface area contributed by atoms with E-state index >= 15 is 0 Å². The van der Waals surface area contributed by atoms with E-state index in [0.29, 0.717) is 12.0 Å². The summed E-state index contributed by atoms with van der Waals surface area (Å²) >= 11 is 0. The van der Waals surface area contributed by atoms with Gasteiger partial charge in [0.1, 0.15) is 6.61 Å². The summed E-state index contributed by atoms with van der Waals surface area (Å²) in [7, 11) is -2.22. The highest BCUT2D eigenvalue weighted by atomic mass is 32.2. The van der Waals surface area contributed by atoms with Gasteiger partial charge in [0, 0.05) is 18.5 Å². The number of hydrogen-bond acceptors (Lipinski definition) is 6. The highest BCUT2D eigenvalue weighted by molar-refractivity contribution is 7.88. The lowest BCUT2D eigenvalue weighted by Gasteiger charge is -2.11. The Morgan fingerprint density at radius 2 is 1.80 bits per heavy atom. The normalized spacial score (nSPS) is 10.8. The van der Waals surface area contributed by atoms with Crippen LogP contribution in [-0.2, 0) is 31.9 Å². The Morgan fingerprint density at radius 1 is 1.07 bits per heavy atom. The fourth-order valence-electron chi connectivity index (χ4n) is 2.58. The molecule has 2 aromatic carbocycles. The molecule has 2 aromatic rings. The Bertz CT molecular complexity index is 993. The number of ketones is 1. The predicted molar refractivity (Wildman–Crippen MR) is 111 cm³/mol.